The summed E-state index contributed by atoms with van der Waals surface area (Å²) >= 11 is 1.70. The Kier molecular flexibility index (Phi) is 8.15. The molecule has 1 atom stereocenters. The van der Waals surface area contributed by atoms with Crippen molar-refractivity contribution >= 4 is 30.1 Å². The molecule has 1 aliphatic heterocycles. The van der Waals surface area contributed by atoms with Crippen LogP contribution in [-0.4, -0.2) is 35.7 Å². The van der Waals surface area contributed by atoms with E-state index in [1.165, 1.54) is 17.5 Å². The van der Waals surface area contributed by atoms with Gasteiger partial charge in [0.2, 0.25) is 5.91 Å². The normalized spacial score (nSPS) is 18.2. The molecule has 1 fully saturated rings. The average Bonchev–Trinajstić information content (AvgIpc) is 2.47. The van der Waals surface area contributed by atoms with Crippen LogP contribution in [0.1, 0.15) is 30.4 Å². The smallest absolute Gasteiger partial charge is 0.232 e. The van der Waals surface area contributed by atoms with E-state index in [1.807, 2.05) is 4.90 Å². The molecule has 1 saturated heterocycles. The number of aryl methyl sites for hydroxylation is 1. The molecule has 1 aromatic carbocycles. The van der Waals surface area contributed by atoms with Crippen LogP contribution in [0.2, 0.25) is 0 Å². The van der Waals surface area contributed by atoms with Crippen molar-refractivity contribution < 1.29 is 4.79 Å². The van der Waals surface area contributed by atoms with Crippen molar-refractivity contribution in [2.45, 2.75) is 38.0 Å². The van der Waals surface area contributed by atoms with Gasteiger partial charge in [-0.05, 0) is 31.7 Å². The molecular weight excluding hydrogens is 304 g/mol. The maximum atomic E-state index is 12.3. The molecule has 0 saturated carbocycles. The highest BCUT2D eigenvalue weighted by atomic mass is 35.5. The van der Waals surface area contributed by atoms with Crippen molar-refractivity contribution in [3.63, 3.8) is 0 Å². The Hall–Kier alpha value is -0.710. The van der Waals surface area contributed by atoms with Crippen molar-refractivity contribution in [2.24, 2.45) is 5.73 Å². The second-order valence-electron chi connectivity index (χ2n) is 5.45. The molecule has 5 heteroatoms. The lowest BCUT2D eigenvalue weighted by Crippen LogP contribution is -2.48. The number of thioether (sulfide) groups is 1. The van der Waals surface area contributed by atoms with Crippen molar-refractivity contribution in [3.05, 3.63) is 35.4 Å². The predicted molar refractivity (Wildman–Crippen MR) is 93.0 cm³/mol. The van der Waals surface area contributed by atoms with Gasteiger partial charge in [0.05, 0.1) is 5.75 Å². The van der Waals surface area contributed by atoms with Gasteiger partial charge in [0.15, 0.2) is 0 Å². The number of halogens is 1. The molecule has 1 aliphatic rings. The molecular formula is C16H25ClN2OS. The van der Waals surface area contributed by atoms with Crippen LogP contribution in [0.4, 0.5) is 0 Å². The van der Waals surface area contributed by atoms with Crippen LogP contribution in [-0.2, 0) is 10.5 Å². The summed E-state index contributed by atoms with van der Waals surface area (Å²) in [4.78, 5) is 14.3. The van der Waals surface area contributed by atoms with E-state index in [9.17, 15) is 4.79 Å². The van der Waals surface area contributed by atoms with Crippen molar-refractivity contribution in [1.82, 2.24) is 4.90 Å². The highest BCUT2D eigenvalue weighted by Gasteiger charge is 2.24. The molecule has 2 N–H and O–H groups in total. The number of likely N-dealkylation sites (tertiary alicyclic amines) is 1. The van der Waals surface area contributed by atoms with Crippen molar-refractivity contribution in [3.8, 4) is 0 Å². The van der Waals surface area contributed by atoms with E-state index < -0.39 is 0 Å². The molecule has 3 nitrogen and oxygen atoms in total. The third kappa shape index (κ3) is 5.53. The van der Waals surface area contributed by atoms with Crippen LogP contribution < -0.4 is 5.73 Å². The Morgan fingerprint density at radius 1 is 1.43 bits per heavy atom. The summed E-state index contributed by atoms with van der Waals surface area (Å²) in [6.07, 6.45) is 3.37. The topological polar surface area (TPSA) is 46.3 Å². The molecule has 0 radical (unpaired) electrons. The molecule has 0 aromatic heterocycles. The number of carbonyl (C=O) groups is 1. The lowest BCUT2D eigenvalue weighted by Gasteiger charge is -2.35. The Morgan fingerprint density at radius 3 is 2.95 bits per heavy atom. The number of hydrogen-bond donors (Lipinski definition) is 1. The van der Waals surface area contributed by atoms with E-state index in [0.29, 0.717) is 12.3 Å². The summed E-state index contributed by atoms with van der Waals surface area (Å²) in [6, 6.07) is 8.73. The number of nitrogens with zero attached hydrogens (tertiary/aromatic N) is 1. The largest absolute Gasteiger partial charge is 0.338 e. The van der Waals surface area contributed by atoms with E-state index in [4.69, 9.17) is 5.73 Å². The SMILES string of the molecule is Cc1cccc(CSCC(=O)N2CCCCC2CN)c1.Cl. The molecule has 0 bridgehead atoms. The standard InChI is InChI=1S/C16H24N2OS.ClH/c1-13-5-4-6-14(9-13)11-20-12-16(19)18-8-3-2-7-15(18)10-17;/h4-6,9,15H,2-3,7-8,10-12,17H2,1H3;1H. The summed E-state index contributed by atoms with van der Waals surface area (Å²) in [6.45, 7) is 3.57. The Bertz CT molecular complexity index is 456. The van der Waals surface area contributed by atoms with Gasteiger partial charge in [0.1, 0.15) is 0 Å². The van der Waals surface area contributed by atoms with Crippen LogP contribution in [0.25, 0.3) is 0 Å². The van der Waals surface area contributed by atoms with Gasteiger partial charge in [-0.1, -0.05) is 29.8 Å². The van der Waals surface area contributed by atoms with Gasteiger partial charge in [-0.25, -0.2) is 0 Å². The Balaban J connectivity index is 0.00000220. The molecule has 21 heavy (non-hydrogen) atoms. The first-order valence-electron chi connectivity index (χ1n) is 7.33. The summed E-state index contributed by atoms with van der Waals surface area (Å²) in [5.41, 5.74) is 8.33. The maximum absolute atomic E-state index is 12.3. The monoisotopic (exact) mass is 328 g/mol. The quantitative estimate of drug-likeness (QED) is 0.903. The zero-order chi connectivity index (χ0) is 14.4. The van der Waals surface area contributed by atoms with E-state index >= 15 is 0 Å². The molecule has 0 spiro atoms. The van der Waals surface area contributed by atoms with Crippen LogP contribution in [0.5, 0.6) is 0 Å². The molecule has 1 heterocycles. The molecule has 1 aromatic rings. The summed E-state index contributed by atoms with van der Waals surface area (Å²) in [5, 5.41) is 0. The lowest BCUT2D eigenvalue weighted by molar-refractivity contribution is -0.131. The number of hydrogen-bond acceptors (Lipinski definition) is 3. The predicted octanol–water partition coefficient (Wildman–Crippen LogP) is 2.99. The first-order chi connectivity index (χ1) is 9.70. The number of rotatable bonds is 5. The third-order valence-electron chi connectivity index (χ3n) is 3.80. The average molecular weight is 329 g/mol. The van der Waals surface area contributed by atoms with Gasteiger partial charge in [-0.2, -0.15) is 0 Å². The first-order valence-corrected chi connectivity index (χ1v) is 8.49. The van der Waals surface area contributed by atoms with Gasteiger partial charge in [-0.3, -0.25) is 4.79 Å². The Morgan fingerprint density at radius 2 is 2.24 bits per heavy atom. The fourth-order valence-electron chi connectivity index (χ4n) is 2.71. The van der Waals surface area contributed by atoms with E-state index in [0.717, 1.165) is 25.1 Å². The van der Waals surface area contributed by atoms with Crippen molar-refractivity contribution in [2.75, 3.05) is 18.8 Å². The Labute approximate surface area is 138 Å². The minimum absolute atomic E-state index is 0. The van der Waals surface area contributed by atoms with Crippen LogP contribution in [0, 0.1) is 6.92 Å². The summed E-state index contributed by atoms with van der Waals surface area (Å²) in [7, 11) is 0. The van der Waals surface area contributed by atoms with Crippen LogP contribution in [0.3, 0.4) is 0 Å². The van der Waals surface area contributed by atoms with Gasteiger partial charge < -0.3 is 10.6 Å². The molecule has 1 unspecified atom stereocenters. The lowest BCUT2D eigenvalue weighted by atomic mass is 10.0. The van der Waals surface area contributed by atoms with E-state index in [2.05, 4.69) is 31.2 Å². The van der Waals surface area contributed by atoms with Gasteiger partial charge in [0.25, 0.3) is 0 Å². The fraction of sp³-hybridized carbons (Fsp3) is 0.562. The molecule has 0 aliphatic carbocycles. The third-order valence-corrected chi connectivity index (χ3v) is 4.78. The van der Waals surface area contributed by atoms with Crippen molar-refractivity contribution in [1.29, 1.82) is 0 Å². The maximum Gasteiger partial charge on any atom is 0.232 e. The van der Waals surface area contributed by atoms with Gasteiger partial charge >= 0.3 is 0 Å². The van der Waals surface area contributed by atoms with E-state index in [1.54, 1.807) is 11.8 Å². The number of nitrogens with two attached hydrogens (primary N) is 1. The second kappa shape index (κ2) is 9.34. The number of carbonyl (C=O) groups excluding carboxylic acids is 1. The van der Waals surface area contributed by atoms with Crippen LogP contribution >= 0.6 is 24.2 Å². The zero-order valence-corrected chi connectivity index (χ0v) is 14.2. The molecule has 2 rings (SSSR count). The van der Waals surface area contributed by atoms with Gasteiger partial charge in [0, 0.05) is 24.9 Å². The number of amides is 1. The highest BCUT2D eigenvalue weighted by Crippen LogP contribution is 2.19. The second-order valence-corrected chi connectivity index (χ2v) is 6.44. The minimum atomic E-state index is 0. The number of piperidine rings is 1. The zero-order valence-electron chi connectivity index (χ0n) is 12.6. The first kappa shape index (κ1) is 18.3. The summed E-state index contributed by atoms with van der Waals surface area (Å²) in [5.74, 6) is 1.71. The molecule has 1 amide bonds. The molecule has 118 valence electrons. The van der Waals surface area contributed by atoms with Gasteiger partial charge in [-0.15, -0.1) is 24.2 Å². The van der Waals surface area contributed by atoms with Crippen LogP contribution in [0.15, 0.2) is 24.3 Å². The van der Waals surface area contributed by atoms with E-state index in [-0.39, 0.29) is 24.4 Å². The minimum Gasteiger partial charge on any atom is -0.338 e. The summed E-state index contributed by atoms with van der Waals surface area (Å²) < 4.78 is 0. The number of benzene rings is 1. The highest BCUT2D eigenvalue weighted by molar-refractivity contribution is 7.99. The fourth-order valence-corrected chi connectivity index (χ4v) is 3.57.